The maximum atomic E-state index is 10.9. The normalized spacial score (nSPS) is 13.4. The Morgan fingerprint density at radius 2 is 1.95 bits per heavy atom. The van der Waals surface area contributed by atoms with Gasteiger partial charge >= 0.3 is 0 Å². The molecule has 20 heavy (non-hydrogen) atoms. The van der Waals surface area contributed by atoms with Crippen molar-refractivity contribution < 1.29 is 8.42 Å². The molecule has 1 unspecified atom stereocenters. The van der Waals surface area contributed by atoms with Crippen molar-refractivity contribution in [1.82, 2.24) is 5.32 Å². The molecule has 0 aliphatic carbocycles. The average molecular weight is 331 g/mol. The summed E-state index contributed by atoms with van der Waals surface area (Å²) in [5.74, 6) is 0.0240. The van der Waals surface area contributed by atoms with Gasteiger partial charge in [-0.05, 0) is 35.9 Å². The van der Waals surface area contributed by atoms with Crippen LogP contribution in [0.1, 0.15) is 22.2 Å². The SMILES string of the molecule is NS(=O)(=O)CCCNC(Cc1cccs1)c1cccs1. The number of rotatable bonds is 8. The number of thiophene rings is 2. The van der Waals surface area contributed by atoms with Crippen molar-refractivity contribution in [3.63, 3.8) is 0 Å². The lowest BCUT2D eigenvalue weighted by Gasteiger charge is -2.16. The molecule has 0 bridgehead atoms. The summed E-state index contributed by atoms with van der Waals surface area (Å²) >= 11 is 3.46. The lowest BCUT2D eigenvalue weighted by molar-refractivity contribution is 0.535. The van der Waals surface area contributed by atoms with Crippen molar-refractivity contribution >= 4 is 32.7 Å². The van der Waals surface area contributed by atoms with Gasteiger partial charge in [0.1, 0.15) is 0 Å². The van der Waals surface area contributed by atoms with Gasteiger partial charge in [-0.1, -0.05) is 12.1 Å². The molecule has 0 aliphatic heterocycles. The zero-order valence-electron chi connectivity index (χ0n) is 11.0. The molecule has 2 aromatic heterocycles. The van der Waals surface area contributed by atoms with E-state index in [-0.39, 0.29) is 11.8 Å². The second-order valence-corrected chi connectivity index (χ2v) is 8.27. The van der Waals surface area contributed by atoms with E-state index >= 15 is 0 Å². The molecule has 2 heterocycles. The Labute approximate surface area is 127 Å². The highest BCUT2D eigenvalue weighted by Gasteiger charge is 2.13. The third-order valence-electron chi connectivity index (χ3n) is 2.87. The van der Waals surface area contributed by atoms with Crippen LogP contribution in [-0.2, 0) is 16.4 Å². The van der Waals surface area contributed by atoms with Gasteiger partial charge < -0.3 is 5.32 Å². The molecule has 3 N–H and O–H groups in total. The fraction of sp³-hybridized carbons (Fsp3) is 0.385. The number of primary sulfonamides is 1. The van der Waals surface area contributed by atoms with Gasteiger partial charge in [0.05, 0.1) is 5.75 Å². The highest BCUT2D eigenvalue weighted by atomic mass is 32.2. The van der Waals surface area contributed by atoms with Gasteiger partial charge in [0.15, 0.2) is 0 Å². The Morgan fingerprint density at radius 3 is 2.55 bits per heavy atom. The van der Waals surface area contributed by atoms with Crippen LogP contribution in [0.25, 0.3) is 0 Å². The van der Waals surface area contributed by atoms with Gasteiger partial charge in [-0.25, -0.2) is 13.6 Å². The molecule has 0 fully saturated rings. The number of hydrogen-bond acceptors (Lipinski definition) is 5. The summed E-state index contributed by atoms with van der Waals surface area (Å²) in [5, 5.41) is 12.6. The zero-order chi connectivity index (χ0) is 14.4. The van der Waals surface area contributed by atoms with E-state index in [2.05, 4.69) is 28.2 Å². The van der Waals surface area contributed by atoms with Crippen LogP contribution >= 0.6 is 22.7 Å². The molecule has 0 aliphatic rings. The second-order valence-electron chi connectivity index (χ2n) is 4.53. The average Bonchev–Trinajstić information content (AvgIpc) is 3.04. The fourth-order valence-corrected chi connectivity index (χ4v) is 4.04. The van der Waals surface area contributed by atoms with Crippen LogP contribution in [0.15, 0.2) is 35.0 Å². The third kappa shape index (κ3) is 5.34. The Kier molecular flexibility index (Phi) is 5.74. The molecule has 2 aromatic rings. The molecular weight excluding hydrogens is 312 g/mol. The minimum Gasteiger partial charge on any atom is -0.309 e. The third-order valence-corrected chi connectivity index (χ3v) is 5.61. The number of nitrogens with one attached hydrogen (secondary N) is 1. The molecule has 7 heteroatoms. The Hall–Kier alpha value is -0.730. The Bertz CT molecular complexity index is 592. The molecule has 0 saturated carbocycles. The Balaban J connectivity index is 1.90. The maximum Gasteiger partial charge on any atom is 0.209 e. The van der Waals surface area contributed by atoms with E-state index in [9.17, 15) is 8.42 Å². The monoisotopic (exact) mass is 330 g/mol. The predicted octanol–water partition coefficient (Wildman–Crippen LogP) is 2.36. The first-order valence-electron chi connectivity index (χ1n) is 6.34. The molecule has 0 radical (unpaired) electrons. The fourth-order valence-electron chi connectivity index (χ4n) is 1.94. The summed E-state index contributed by atoms with van der Waals surface area (Å²) in [6, 6.07) is 8.54. The van der Waals surface area contributed by atoms with Gasteiger partial charge in [0, 0.05) is 22.2 Å². The summed E-state index contributed by atoms with van der Waals surface area (Å²) in [7, 11) is -3.36. The maximum absolute atomic E-state index is 10.9. The van der Waals surface area contributed by atoms with E-state index in [0.29, 0.717) is 13.0 Å². The first-order chi connectivity index (χ1) is 9.54. The molecular formula is C13H18N2O2S3. The van der Waals surface area contributed by atoms with Crippen LogP contribution in [0.4, 0.5) is 0 Å². The van der Waals surface area contributed by atoms with Crippen molar-refractivity contribution in [3.05, 3.63) is 44.8 Å². The summed E-state index contributed by atoms with van der Waals surface area (Å²) in [5.41, 5.74) is 0. The van der Waals surface area contributed by atoms with Crippen LogP contribution in [0.3, 0.4) is 0 Å². The predicted molar refractivity (Wildman–Crippen MR) is 85.7 cm³/mol. The summed E-state index contributed by atoms with van der Waals surface area (Å²) in [6.07, 6.45) is 1.46. The van der Waals surface area contributed by atoms with Gasteiger partial charge in [-0.3, -0.25) is 0 Å². The number of sulfonamides is 1. The standard InChI is InChI=1S/C13H18N2O2S3/c14-20(16,17)9-3-6-15-12(13-5-2-8-19-13)10-11-4-1-7-18-11/h1-2,4-5,7-8,12,15H,3,6,9-10H2,(H2,14,16,17). The topological polar surface area (TPSA) is 72.2 Å². The first kappa shape index (κ1) is 15.7. The molecule has 0 saturated heterocycles. The van der Waals surface area contributed by atoms with Crippen LogP contribution in [0.2, 0.25) is 0 Å². The van der Waals surface area contributed by atoms with Gasteiger partial charge in [0.25, 0.3) is 0 Å². The summed E-state index contributed by atoms with van der Waals surface area (Å²) < 4.78 is 21.8. The molecule has 4 nitrogen and oxygen atoms in total. The van der Waals surface area contributed by atoms with Crippen LogP contribution in [0.5, 0.6) is 0 Å². The lowest BCUT2D eigenvalue weighted by atomic mass is 10.1. The molecule has 1 atom stereocenters. The largest absolute Gasteiger partial charge is 0.309 e. The van der Waals surface area contributed by atoms with Crippen LogP contribution < -0.4 is 10.5 Å². The molecule has 0 aromatic carbocycles. The van der Waals surface area contributed by atoms with Gasteiger partial charge in [0.2, 0.25) is 10.0 Å². The van der Waals surface area contributed by atoms with E-state index in [1.165, 1.54) is 9.75 Å². The number of hydrogen-bond donors (Lipinski definition) is 2. The van der Waals surface area contributed by atoms with E-state index in [4.69, 9.17) is 5.14 Å². The molecule has 0 amide bonds. The summed E-state index contributed by atoms with van der Waals surface area (Å²) in [6.45, 7) is 0.643. The van der Waals surface area contributed by atoms with Gasteiger partial charge in [-0.15, -0.1) is 22.7 Å². The smallest absolute Gasteiger partial charge is 0.209 e. The first-order valence-corrected chi connectivity index (χ1v) is 9.82. The molecule has 110 valence electrons. The van der Waals surface area contributed by atoms with E-state index in [1.807, 2.05) is 12.1 Å². The quantitative estimate of drug-likeness (QED) is 0.730. The van der Waals surface area contributed by atoms with E-state index in [1.54, 1.807) is 22.7 Å². The van der Waals surface area contributed by atoms with Crippen molar-refractivity contribution in [1.29, 1.82) is 0 Å². The van der Waals surface area contributed by atoms with Crippen molar-refractivity contribution in [2.45, 2.75) is 18.9 Å². The van der Waals surface area contributed by atoms with E-state index in [0.717, 1.165) is 6.42 Å². The summed E-state index contributed by atoms with van der Waals surface area (Å²) in [4.78, 5) is 2.59. The van der Waals surface area contributed by atoms with Crippen molar-refractivity contribution in [2.24, 2.45) is 5.14 Å². The highest BCUT2D eigenvalue weighted by molar-refractivity contribution is 7.89. The zero-order valence-corrected chi connectivity index (χ0v) is 13.4. The Morgan fingerprint density at radius 1 is 1.20 bits per heavy atom. The van der Waals surface area contributed by atoms with Crippen molar-refractivity contribution in [2.75, 3.05) is 12.3 Å². The van der Waals surface area contributed by atoms with E-state index < -0.39 is 10.0 Å². The van der Waals surface area contributed by atoms with Crippen LogP contribution in [-0.4, -0.2) is 20.7 Å². The van der Waals surface area contributed by atoms with Gasteiger partial charge in [-0.2, -0.15) is 0 Å². The molecule has 2 rings (SSSR count). The van der Waals surface area contributed by atoms with Crippen LogP contribution in [0, 0.1) is 0 Å². The molecule has 0 spiro atoms. The van der Waals surface area contributed by atoms with Crippen molar-refractivity contribution in [3.8, 4) is 0 Å². The minimum absolute atomic E-state index is 0.0240. The highest BCUT2D eigenvalue weighted by Crippen LogP contribution is 2.24. The minimum atomic E-state index is -3.36. The number of nitrogens with two attached hydrogens (primary N) is 1. The second kappa shape index (κ2) is 7.33. The lowest BCUT2D eigenvalue weighted by Crippen LogP contribution is -2.26.